The van der Waals surface area contributed by atoms with Gasteiger partial charge in [0, 0.05) is 12.6 Å². The van der Waals surface area contributed by atoms with Gasteiger partial charge < -0.3 is 16.6 Å². The average molecular weight is 231 g/mol. The van der Waals surface area contributed by atoms with Crippen LogP contribution in [0.1, 0.15) is 11.6 Å². The molecule has 0 bridgehead atoms. The Morgan fingerprint density at radius 2 is 2.17 bits per heavy atom. The molecular weight excluding hydrogens is 220 g/mol. The number of phenols is 1. The Morgan fingerprint density at radius 1 is 1.50 bits per heavy atom. The zero-order valence-electron chi connectivity index (χ0n) is 6.50. The summed E-state index contributed by atoms with van der Waals surface area (Å²) >= 11 is 3.18. The monoisotopic (exact) mass is 230 g/mol. The van der Waals surface area contributed by atoms with Crippen LogP contribution < -0.4 is 11.5 Å². The molecule has 0 fully saturated rings. The summed E-state index contributed by atoms with van der Waals surface area (Å²) in [7, 11) is 0. The molecule has 5 N–H and O–H groups in total. The molecule has 66 valence electrons. The van der Waals surface area contributed by atoms with Crippen molar-refractivity contribution >= 4 is 15.9 Å². The first-order chi connectivity index (χ1) is 5.65. The summed E-state index contributed by atoms with van der Waals surface area (Å²) in [5.41, 5.74) is 11.9. The van der Waals surface area contributed by atoms with Gasteiger partial charge in [0.05, 0.1) is 4.47 Å². The van der Waals surface area contributed by atoms with Crippen LogP contribution in [0, 0.1) is 0 Å². The minimum absolute atomic E-state index is 0.191. The van der Waals surface area contributed by atoms with Crippen molar-refractivity contribution in [3.63, 3.8) is 0 Å². The highest BCUT2D eigenvalue weighted by molar-refractivity contribution is 9.10. The maximum Gasteiger partial charge on any atom is 0.130 e. The van der Waals surface area contributed by atoms with E-state index in [9.17, 15) is 5.11 Å². The van der Waals surface area contributed by atoms with E-state index in [1.165, 1.54) is 0 Å². The van der Waals surface area contributed by atoms with Crippen LogP contribution in [0.4, 0.5) is 0 Å². The van der Waals surface area contributed by atoms with Gasteiger partial charge in [-0.15, -0.1) is 0 Å². The minimum atomic E-state index is -0.205. The molecule has 0 heterocycles. The van der Waals surface area contributed by atoms with Gasteiger partial charge in [-0.3, -0.25) is 0 Å². The third kappa shape index (κ3) is 1.97. The van der Waals surface area contributed by atoms with E-state index in [0.717, 1.165) is 5.56 Å². The molecule has 0 saturated carbocycles. The third-order valence-electron chi connectivity index (χ3n) is 1.65. The van der Waals surface area contributed by atoms with Crippen LogP contribution >= 0.6 is 15.9 Å². The first-order valence-corrected chi connectivity index (χ1v) is 4.38. The molecule has 0 amide bonds. The van der Waals surface area contributed by atoms with E-state index in [1.54, 1.807) is 12.1 Å². The van der Waals surface area contributed by atoms with E-state index >= 15 is 0 Å². The maximum absolute atomic E-state index is 9.30. The Labute approximate surface area is 79.5 Å². The van der Waals surface area contributed by atoms with Crippen molar-refractivity contribution in [1.29, 1.82) is 0 Å². The van der Waals surface area contributed by atoms with Gasteiger partial charge in [-0.25, -0.2) is 0 Å². The predicted octanol–water partition coefficient (Wildman–Crippen LogP) is 1.11. The number of hydrogen-bond acceptors (Lipinski definition) is 3. The van der Waals surface area contributed by atoms with Crippen LogP contribution in [0.25, 0.3) is 0 Å². The lowest BCUT2D eigenvalue weighted by atomic mass is 10.1. The van der Waals surface area contributed by atoms with E-state index in [2.05, 4.69) is 15.9 Å². The molecule has 0 aliphatic carbocycles. The van der Waals surface area contributed by atoms with Gasteiger partial charge in [0.1, 0.15) is 5.75 Å². The summed E-state index contributed by atoms with van der Waals surface area (Å²) < 4.78 is 0.662. The summed E-state index contributed by atoms with van der Waals surface area (Å²) in [4.78, 5) is 0. The van der Waals surface area contributed by atoms with Gasteiger partial charge in [0.15, 0.2) is 0 Å². The number of phenolic OH excluding ortho intramolecular Hbond substituents is 1. The molecule has 0 aliphatic heterocycles. The second-order valence-electron chi connectivity index (χ2n) is 2.55. The van der Waals surface area contributed by atoms with E-state index in [-0.39, 0.29) is 11.8 Å². The molecule has 0 spiro atoms. The van der Waals surface area contributed by atoms with Crippen molar-refractivity contribution in [2.24, 2.45) is 11.5 Å². The fraction of sp³-hybridized carbons (Fsp3) is 0.250. The van der Waals surface area contributed by atoms with Gasteiger partial charge >= 0.3 is 0 Å². The van der Waals surface area contributed by atoms with Gasteiger partial charge in [-0.2, -0.15) is 0 Å². The Morgan fingerprint density at radius 3 is 2.67 bits per heavy atom. The Bertz CT molecular complexity index is 278. The Kier molecular flexibility index (Phi) is 3.08. The molecule has 1 aromatic rings. The number of aromatic hydroxyl groups is 1. The van der Waals surface area contributed by atoms with Crippen molar-refractivity contribution in [2.45, 2.75) is 6.04 Å². The van der Waals surface area contributed by atoms with Crippen molar-refractivity contribution in [3.8, 4) is 5.75 Å². The lowest BCUT2D eigenvalue weighted by Crippen LogP contribution is -2.20. The highest BCUT2D eigenvalue weighted by atomic mass is 79.9. The summed E-state index contributed by atoms with van der Waals surface area (Å²) in [6.07, 6.45) is 0. The van der Waals surface area contributed by atoms with Crippen molar-refractivity contribution < 1.29 is 5.11 Å². The van der Waals surface area contributed by atoms with Crippen molar-refractivity contribution in [1.82, 2.24) is 0 Å². The second-order valence-corrected chi connectivity index (χ2v) is 3.41. The number of rotatable bonds is 2. The Hall–Kier alpha value is -0.580. The molecule has 4 heteroatoms. The van der Waals surface area contributed by atoms with Crippen LogP contribution in [0.3, 0.4) is 0 Å². The van der Waals surface area contributed by atoms with Crippen molar-refractivity contribution in [2.75, 3.05) is 6.54 Å². The molecule has 0 radical (unpaired) electrons. The fourth-order valence-electron chi connectivity index (χ4n) is 0.896. The first-order valence-electron chi connectivity index (χ1n) is 3.59. The maximum atomic E-state index is 9.30. The largest absolute Gasteiger partial charge is 0.507 e. The van der Waals surface area contributed by atoms with Gasteiger partial charge in [0.25, 0.3) is 0 Å². The molecule has 0 unspecified atom stereocenters. The number of benzene rings is 1. The fourth-order valence-corrected chi connectivity index (χ4v) is 1.14. The highest BCUT2D eigenvalue weighted by Crippen LogP contribution is 2.25. The molecule has 0 aromatic heterocycles. The first kappa shape index (κ1) is 9.51. The summed E-state index contributed by atoms with van der Waals surface area (Å²) in [6, 6.07) is 4.99. The topological polar surface area (TPSA) is 72.3 Å². The molecule has 1 atom stereocenters. The van der Waals surface area contributed by atoms with Crippen molar-refractivity contribution in [3.05, 3.63) is 28.2 Å². The summed E-state index contributed by atoms with van der Waals surface area (Å²) in [5, 5.41) is 9.30. The molecule has 3 nitrogen and oxygen atoms in total. The highest BCUT2D eigenvalue weighted by Gasteiger charge is 2.05. The average Bonchev–Trinajstić information content (AvgIpc) is 2.08. The zero-order chi connectivity index (χ0) is 9.14. The summed E-state index contributed by atoms with van der Waals surface area (Å²) in [5.74, 6) is 0.191. The van der Waals surface area contributed by atoms with Crippen LogP contribution in [-0.4, -0.2) is 11.7 Å². The minimum Gasteiger partial charge on any atom is -0.507 e. The molecule has 12 heavy (non-hydrogen) atoms. The molecule has 0 aliphatic rings. The van der Waals surface area contributed by atoms with Crippen LogP contribution in [0.5, 0.6) is 5.75 Å². The van der Waals surface area contributed by atoms with E-state index in [4.69, 9.17) is 11.5 Å². The Balaban J connectivity index is 2.96. The van der Waals surface area contributed by atoms with Gasteiger partial charge in [-0.1, -0.05) is 6.07 Å². The van der Waals surface area contributed by atoms with E-state index < -0.39 is 0 Å². The number of nitrogens with two attached hydrogens (primary N) is 2. The van der Waals surface area contributed by atoms with Gasteiger partial charge in [0.2, 0.25) is 0 Å². The summed E-state index contributed by atoms with van der Waals surface area (Å²) in [6.45, 7) is 0.376. The predicted molar refractivity (Wildman–Crippen MR) is 51.8 cm³/mol. The quantitative estimate of drug-likeness (QED) is 0.713. The van der Waals surface area contributed by atoms with Crippen LogP contribution in [-0.2, 0) is 0 Å². The van der Waals surface area contributed by atoms with E-state index in [0.29, 0.717) is 11.0 Å². The number of hydrogen-bond donors (Lipinski definition) is 3. The smallest absolute Gasteiger partial charge is 0.130 e. The third-order valence-corrected chi connectivity index (χ3v) is 2.32. The second kappa shape index (κ2) is 3.89. The molecule has 0 saturated heterocycles. The lowest BCUT2D eigenvalue weighted by Gasteiger charge is -2.09. The molecule has 1 aromatic carbocycles. The molecule has 1 rings (SSSR count). The standard InChI is InChI=1S/C8H11BrN2O/c9-6-2-1-5(3-8(6)12)7(11)4-10/h1-3,7,12H,4,10-11H2/t7-/m1/s1. The SMILES string of the molecule is NC[C@@H](N)c1ccc(Br)c(O)c1. The zero-order valence-corrected chi connectivity index (χ0v) is 8.08. The molecular formula is C8H11BrN2O. The van der Waals surface area contributed by atoms with E-state index in [1.807, 2.05) is 6.07 Å². The lowest BCUT2D eigenvalue weighted by molar-refractivity contribution is 0.470. The normalized spacial score (nSPS) is 12.9. The number of halogens is 1. The van der Waals surface area contributed by atoms with Gasteiger partial charge in [-0.05, 0) is 33.6 Å². The van der Waals surface area contributed by atoms with Crippen LogP contribution in [0.2, 0.25) is 0 Å². The van der Waals surface area contributed by atoms with Crippen LogP contribution in [0.15, 0.2) is 22.7 Å².